The number of piperidine rings is 1. The number of likely N-dealkylation sites (N-methyl/N-ethyl adjacent to an activating group) is 2. The van der Waals surface area contributed by atoms with Crippen LogP contribution in [-0.2, 0) is 4.79 Å². The fourth-order valence-corrected chi connectivity index (χ4v) is 2.02. The Morgan fingerprint density at radius 2 is 2.18 bits per heavy atom. The number of aliphatic carboxylic acids is 1. The molecule has 0 aliphatic carbocycles. The zero-order chi connectivity index (χ0) is 12.8. The maximum Gasteiger partial charge on any atom is 0.323 e. The van der Waals surface area contributed by atoms with Crippen LogP contribution in [0, 0.1) is 0 Å². The molecule has 1 unspecified atom stereocenters. The summed E-state index contributed by atoms with van der Waals surface area (Å²) in [6.07, 6.45) is 3.48. The Morgan fingerprint density at radius 3 is 2.76 bits per heavy atom. The monoisotopic (exact) mass is 243 g/mol. The lowest BCUT2D eigenvalue weighted by Crippen LogP contribution is -2.48. The molecule has 2 N–H and O–H groups in total. The van der Waals surface area contributed by atoms with Gasteiger partial charge in [0.15, 0.2) is 0 Å². The number of nitrogens with zero attached hydrogens (tertiary/aromatic N) is 2. The van der Waals surface area contributed by atoms with E-state index < -0.39 is 5.97 Å². The second-order valence-corrected chi connectivity index (χ2v) is 4.57. The maximum absolute atomic E-state index is 11.6. The molecule has 0 aromatic heterocycles. The summed E-state index contributed by atoms with van der Waals surface area (Å²) in [6.45, 7) is 1.37. The molecule has 0 aromatic rings. The van der Waals surface area contributed by atoms with Crippen molar-refractivity contribution in [2.24, 2.45) is 0 Å². The molecule has 1 fully saturated rings. The van der Waals surface area contributed by atoms with Crippen LogP contribution in [0.3, 0.4) is 0 Å². The van der Waals surface area contributed by atoms with Crippen molar-refractivity contribution in [1.82, 2.24) is 15.1 Å². The first-order valence-electron chi connectivity index (χ1n) is 5.91. The van der Waals surface area contributed by atoms with E-state index in [9.17, 15) is 9.59 Å². The summed E-state index contributed by atoms with van der Waals surface area (Å²) in [7, 11) is 3.53. The molecule has 6 heteroatoms. The summed E-state index contributed by atoms with van der Waals surface area (Å²) in [5.41, 5.74) is 0. The standard InChI is InChI=1S/C11H21N3O3/c1-13-6-4-3-5-9(13)7-12-11(17)14(2)8-10(15)16/h9H,3-8H2,1-2H3,(H,12,17)(H,15,16). The van der Waals surface area contributed by atoms with Gasteiger partial charge in [-0.2, -0.15) is 0 Å². The highest BCUT2D eigenvalue weighted by Gasteiger charge is 2.20. The van der Waals surface area contributed by atoms with E-state index in [1.807, 2.05) is 0 Å². The number of amides is 2. The summed E-state index contributed by atoms with van der Waals surface area (Å²) in [6, 6.07) is 0.0392. The summed E-state index contributed by atoms with van der Waals surface area (Å²) < 4.78 is 0. The van der Waals surface area contributed by atoms with E-state index in [0.717, 1.165) is 13.0 Å². The molecule has 0 spiro atoms. The molecule has 1 atom stereocenters. The molecule has 17 heavy (non-hydrogen) atoms. The Hall–Kier alpha value is -1.30. The highest BCUT2D eigenvalue weighted by atomic mass is 16.4. The molecule has 1 heterocycles. The fraction of sp³-hybridized carbons (Fsp3) is 0.818. The Balaban J connectivity index is 2.29. The Labute approximate surface area is 102 Å². The van der Waals surface area contributed by atoms with E-state index in [0.29, 0.717) is 12.6 Å². The summed E-state index contributed by atoms with van der Waals surface area (Å²) in [4.78, 5) is 25.4. The van der Waals surface area contributed by atoms with Gasteiger partial charge in [-0.15, -0.1) is 0 Å². The van der Waals surface area contributed by atoms with Crippen molar-refractivity contribution in [2.75, 3.05) is 33.7 Å². The van der Waals surface area contributed by atoms with Crippen molar-refractivity contribution >= 4 is 12.0 Å². The van der Waals surface area contributed by atoms with Crippen molar-refractivity contribution in [3.8, 4) is 0 Å². The summed E-state index contributed by atoms with van der Waals surface area (Å²) in [5, 5.41) is 11.3. The van der Waals surface area contributed by atoms with E-state index in [2.05, 4.69) is 17.3 Å². The zero-order valence-corrected chi connectivity index (χ0v) is 10.5. The maximum atomic E-state index is 11.6. The van der Waals surface area contributed by atoms with Crippen LogP contribution in [-0.4, -0.2) is 66.7 Å². The number of carboxylic acids is 1. The number of carboxylic acid groups (broad SMARTS) is 1. The highest BCUT2D eigenvalue weighted by Crippen LogP contribution is 2.13. The molecule has 0 radical (unpaired) electrons. The molecule has 0 aromatic carbocycles. The third-order valence-electron chi connectivity index (χ3n) is 3.13. The molecule has 0 saturated carbocycles. The van der Waals surface area contributed by atoms with E-state index in [1.54, 1.807) is 0 Å². The minimum atomic E-state index is -1.00. The first kappa shape index (κ1) is 13.8. The van der Waals surface area contributed by atoms with Gasteiger partial charge in [0, 0.05) is 19.6 Å². The van der Waals surface area contributed by atoms with E-state index in [-0.39, 0.29) is 12.6 Å². The van der Waals surface area contributed by atoms with Gasteiger partial charge in [0.25, 0.3) is 0 Å². The van der Waals surface area contributed by atoms with Crippen molar-refractivity contribution in [3.05, 3.63) is 0 Å². The van der Waals surface area contributed by atoms with Gasteiger partial charge in [-0.3, -0.25) is 4.79 Å². The first-order valence-corrected chi connectivity index (χ1v) is 5.91. The molecular weight excluding hydrogens is 222 g/mol. The van der Waals surface area contributed by atoms with Crippen LogP contribution in [0.4, 0.5) is 4.79 Å². The molecule has 1 aliphatic rings. The number of carbonyl (C=O) groups excluding carboxylic acids is 1. The molecule has 6 nitrogen and oxygen atoms in total. The van der Waals surface area contributed by atoms with E-state index in [1.165, 1.54) is 24.8 Å². The topological polar surface area (TPSA) is 72.9 Å². The lowest BCUT2D eigenvalue weighted by molar-refractivity contribution is -0.137. The van der Waals surface area contributed by atoms with Crippen LogP contribution in [0.5, 0.6) is 0 Å². The third kappa shape index (κ3) is 4.60. The largest absolute Gasteiger partial charge is 0.480 e. The van der Waals surface area contributed by atoms with Crippen molar-refractivity contribution in [1.29, 1.82) is 0 Å². The Bertz CT molecular complexity index is 283. The molecule has 1 rings (SSSR count). The molecule has 2 amide bonds. The van der Waals surface area contributed by atoms with Crippen LogP contribution in [0.1, 0.15) is 19.3 Å². The van der Waals surface area contributed by atoms with Gasteiger partial charge in [-0.25, -0.2) is 4.79 Å². The average Bonchev–Trinajstić information content (AvgIpc) is 2.26. The SMILES string of the molecule is CN(CC(=O)O)C(=O)NCC1CCCCN1C. The van der Waals surface area contributed by atoms with Gasteiger partial charge in [0.05, 0.1) is 0 Å². The predicted molar refractivity (Wildman–Crippen MR) is 63.9 cm³/mol. The molecule has 1 saturated heterocycles. The van der Waals surface area contributed by atoms with Crippen LogP contribution in [0.25, 0.3) is 0 Å². The van der Waals surface area contributed by atoms with Gasteiger partial charge >= 0.3 is 12.0 Å². The number of likely N-dealkylation sites (tertiary alicyclic amines) is 1. The van der Waals surface area contributed by atoms with Crippen LogP contribution < -0.4 is 5.32 Å². The normalized spacial score (nSPS) is 20.9. The lowest BCUT2D eigenvalue weighted by atomic mass is 10.0. The molecule has 98 valence electrons. The quantitative estimate of drug-likeness (QED) is 0.739. The number of hydrogen-bond donors (Lipinski definition) is 2. The van der Waals surface area contributed by atoms with E-state index >= 15 is 0 Å². The minimum absolute atomic E-state index is 0.271. The van der Waals surface area contributed by atoms with Gasteiger partial charge in [0.2, 0.25) is 0 Å². The molecule has 1 aliphatic heterocycles. The minimum Gasteiger partial charge on any atom is -0.480 e. The molecular formula is C11H21N3O3. The number of carbonyl (C=O) groups is 2. The second-order valence-electron chi connectivity index (χ2n) is 4.57. The van der Waals surface area contributed by atoms with Crippen LogP contribution in [0.2, 0.25) is 0 Å². The van der Waals surface area contributed by atoms with Gasteiger partial charge in [-0.1, -0.05) is 6.42 Å². The fourth-order valence-electron chi connectivity index (χ4n) is 2.02. The second kappa shape index (κ2) is 6.44. The lowest BCUT2D eigenvalue weighted by Gasteiger charge is -2.32. The van der Waals surface area contributed by atoms with Gasteiger partial charge < -0.3 is 20.2 Å². The van der Waals surface area contributed by atoms with Crippen LogP contribution in [0.15, 0.2) is 0 Å². The van der Waals surface area contributed by atoms with E-state index in [4.69, 9.17) is 5.11 Å². The molecule has 0 bridgehead atoms. The number of rotatable bonds is 4. The number of nitrogens with one attached hydrogen (secondary N) is 1. The predicted octanol–water partition coefficient (Wildman–Crippen LogP) is 0.197. The van der Waals surface area contributed by atoms with Crippen LogP contribution >= 0.6 is 0 Å². The average molecular weight is 243 g/mol. The van der Waals surface area contributed by atoms with Gasteiger partial charge in [0.1, 0.15) is 6.54 Å². The smallest absolute Gasteiger partial charge is 0.323 e. The van der Waals surface area contributed by atoms with Crippen molar-refractivity contribution in [3.63, 3.8) is 0 Å². The zero-order valence-electron chi connectivity index (χ0n) is 10.5. The van der Waals surface area contributed by atoms with Gasteiger partial charge in [-0.05, 0) is 26.4 Å². The highest BCUT2D eigenvalue weighted by molar-refractivity contribution is 5.79. The third-order valence-corrected chi connectivity index (χ3v) is 3.13. The Morgan fingerprint density at radius 1 is 1.47 bits per heavy atom. The summed E-state index contributed by atoms with van der Waals surface area (Å²) in [5.74, 6) is -1.00. The first-order chi connectivity index (χ1) is 8.00. The van der Waals surface area contributed by atoms with Crippen molar-refractivity contribution in [2.45, 2.75) is 25.3 Å². The number of hydrogen-bond acceptors (Lipinski definition) is 3. The summed E-state index contributed by atoms with van der Waals surface area (Å²) >= 11 is 0. The number of urea groups is 1. The van der Waals surface area contributed by atoms with Crippen molar-refractivity contribution < 1.29 is 14.7 Å². The Kier molecular flexibility index (Phi) is 5.21.